The second-order valence-corrected chi connectivity index (χ2v) is 5.73. The van der Waals surface area contributed by atoms with Gasteiger partial charge in [0.15, 0.2) is 5.78 Å². The molecule has 128 valence electrons. The monoisotopic (exact) mass is 321 g/mol. The maximum Gasteiger partial charge on any atom is 0.307 e. The lowest BCUT2D eigenvalue weighted by Crippen LogP contribution is -2.39. The zero-order valence-electron chi connectivity index (χ0n) is 14.2. The Morgan fingerprint density at radius 2 is 1.87 bits per heavy atom. The highest BCUT2D eigenvalue weighted by molar-refractivity contribution is 6.01. The zero-order chi connectivity index (χ0) is 17.2. The van der Waals surface area contributed by atoms with Crippen LogP contribution in [0.3, 0.4) is 0 Å². The second kappa shape index (κ2) is 10.1. The number of ether oxygens (including phenoxy) is 1. The van der Waals surface area contributed by atoms with E-state index in [-0.39, 0.29) is 18.8 Å². The molecule has 1 aromatic carbocycles. The summed E-state index contributed by atoms with van der Waals surface area (Å²) in [5, 5.41) is 11.9. The van der Waals surface area contributed by atoms with Crippen molar-refractivity contribution in [1.29, 1.82) is 0 Å². The standard InChI is InChI=1S/C18H27NO4/c1-4-23-17(21)12-16(19-10-5-11-20)18(22)15-8-6-14(7-9-15)13(2)3/h6-9,13,16,19-20H,4-5,10-12H2,1-3H3. The van der Waals surface area contributed by atoms with E-state index in [2.05, 4.69) is 19.2 Å². The molecular formula is C18H27NO4. The van der Waals surface area contributed by atoms with Crippen LogP contribution in [-0.2, 0) is 9.53 Å². The molecule has 0 saturated heterocycles. The second-order valence-electron chi connectivity index (χ2n) is 5.73. The van der Waals surface area contributed by atoms with Crippen LogP contribution in [0, 0.1) is 0 Å². The fraction of sp³-hybridized carbons (Fsp3) is 0.556. The molecule has 1 unspecified atom stereocenters. The lowest BCUT2D eigenvalue weighted by Gasteiger charge is -2.17. The van der Waals surface area contributed by atoms with Crippen molar-refractivity contribution in [3.63, 3.8) is 0 Å². The van der Waals surface area contributed by atoms with Crippen molar-refractivity contribution in [2.45, 2.75) is 45.6 Å². The van der Waals surface area contributed by atoms with Crippen LogP contribution in [0.25, 0.3) is 0 Å². The minimum atomic E-state index is -0.634. The molecule has 0 bridgehead atoms. The Balaban J connectivity index is 2.81. The fourth-order valence-electron chi connectivity index (χ4n) is 2.23. The van der Waals surface area contributed by atoms with Gasteiger partial charge in [-0.2, -0.15) is 0 Å². The third-order valence-electron chi connectivity index (χ3n) is 3.58. The summed E-state index contributed by atoms with van der Waals surface area (Å²) in [6.45, 7) is 6.72. The average molecular weight is 321 g/mol. The van der Waals surface area contributed by atoms with Crippen molar-refractivity contribution in [3.8, 4) is 0 Å². The van der Waals surface area contributed by atoms with Crippen molar-refractivity contribution < 1.29 is 19.4 Å². The first kappa shape index (κ1) is 19.3. The van der Waals surface area contributed by atoms with Gasteiger partial charge in [-0.25, -0.2) is 0 Å². The normalized spacial score (nSPS) is 12.2. The van der Waals surface area contributed by atoms with Gasteiger partial charge in [-0.15, -0.1) is 0 Å². The third kappa shape index (κ3) is 6.50. The summed E-state index contributed by atoms with van der Waals surface area (Å²) in [6.07, 6.45) is 0.517. The largest absolute Gasteiger partial charge is 0.466 e. The van der Waals surface area contributed by atoms with E-state index in [1.807, 2.05) is 12.1 Å². The Morgan fingerprint density at radius 1 is 1.22 bits per heavy atom. The van der Waals surface area contributed by atoms with E-state index in [0.29, 0.717) is 31.1 Å². The Morgan fingerprint density at radius 3 is 2.39 bits per heavy atom. The average Bonchev–Trinajstić information content (AvgIpc) is 2.53. The number of hydrogen-bond acceptors (Lipinski definition) is 5. The van der Waals surface area contributed by atoms with E-state index in [9.17, 15) is 9.59 Å². The SMILES string of the molecule is CCOC(=O)CC(NCCCO)C(=O)c1ccc(C(C)C)cc1. The lowest BCUT2D eigenvalue weighted by atomic mass is 9.97. The Hall–Kier alpha value is -1.72. The van der Waals surface area contributed by atoms with Gasteiger partial charge in [-0.3, -0.25) is 9.59 Å². The number of hydrogen-bond donors (Lipinski definition) is 2. The minimum absolute atomic E-state index is 0.00989. The number of ketones is 1. The summed E-state index contributed by atoms with van der Waals surface area (Å²) >= 11 is 0. The summed E-state index contributed by atoms with van der Waals surface area (Å²) in [5.74, 6) is -0.135. The van der Waals surface area contributed by atoms with Crippen LogP contribution in [0.1, 0.15) is 55.5 Å². The van der Waals surface area contributed by atoms with Gasteiger partial charge in [0.25, 0.3) is 0 Å². The van der Waals surface area contributed by atoms with Gasteiger partial charge in [0, 0.05) is 12.2 Å². The molecule has 0 spiro atoms. The van der Waals surface area contributed by atoms with Gasteiger partial charge in [0.1, 0.15) is 0 Å². The first-order valence-electron chi connectivity index (χ1n) is 8.13. The highest BCUT2D eigenvalue weighted by atomic mass is 16.5. The van der Waals surface area contributed by atoms with Crippen LogP contribution < -0.4 is 5.32 Å². The highest BCUT2D eigenvalue weighted by Crippen LogP contribution is 2.16. The Labute approximate surface area is 138 Å². The Bertz CT molecular complexity index is 496. The van der Waals surface area contributed by atoms with Crippen LogP contribution in [0.2, 0.25) is 0 Å². The third-order valence-corrected chi connectivity index (χ3v) is 3.58. The van der Waals surface area contributed by atoms with E-state index >= 15 is 0 Å². The van der Waals surface area contributed by atoms with E-state index in [0.717, 1.165) is 5.56 Å². The number of esters is 1. The number of aliphatic hydroxyl groups is 1. The van der Waals surface area contributed by atoms with Crippen molar-refractivity contribution >= 4 is 11.8 Å². The van der Waals surface area contributed by atoms with Gasteiger partial charge in [-0.05, 0) is 31.4 Å². The quantitative estimate of drug-likeness (QED) is 0.393. The molecule has 1 rings (SSSR count). The molecule has 0 heterocycles. The molecule has 5 nitrogen and oxygen atoms in total. The summed E-state index contributed by atoms with van der Waals surface area (Å²) in [6, 6.07) is 6.83. The molecule has 0 fully saturated rings. The number of nitrogens with one attached hydrogen (secondary N) is 1. The van der Waals surface area contributed by atoms with Crippen molar-refractivity contribution in [2.24, 2.45) is 0 Å². The number of carbonyl (C=O) groups excluding carboxylic acids is 2. The molecule has 0 aliphatic heterocycles. The maximum absolute atomic E-state index is 12.6. The van der Waals surface area contributed by atoms with Crippen LogP contribution in [-0.4, -0.2) is 42.7 Å². The zero-order valence-corrected chi connectivity index (χ0v) is 14.2. The number of carbonyl (C=O) groups is 2. The molecule has 5 heteroatoms. The first-order chi connectivity index (χ1) is 11.0. The predicted molar refractivity (Wildman–Crippen MR) is 89.6 cm³/mol. The molecule has 0 radical (unpaired) electrons. The molecule has 1 atom stereocenters. The van der Waals surface area contributed by atoms with Gasteiger partial charge in [0.2, 0.25) is 0 Å². The van der Waals surface area contributed by atoms with Gasteiger partial charge >= 0.3 is 5.97 Å². The molecule has 0 amide bonds. The van der Waals surface area contributed by atoms with Crippen molar-refractivity contribution in [2.75, 3.05) is 19.8 Å². The topological polar surface area (TPSA) is 75.6 Å². The fourth-order valence-corrected chi connectivity index (χ4v) is 2.23. The molecular weight excluding hydrogens is 294 g/mol. The number of rotatable bonds is 10. The minimum Gasteiger partial charge on any atom is -0.466 e. The highest BCUT2D eigenvalue weighted by Gasteiger charge is 2.23. The van der Waals surface area contributed by atoms with Crippen molar-refractivity contribution in [3.05, 3.63) is 35.4 Å². The van der Waals surface area contributed by atoms with Gasteiger partial charge in [0.05, 0.1) is 19.1 Å². The van der Waals surface area contributed by atoms with E-state index in [1.54, 1.807) is 19.1 Å². The molecule has 0 aliphatic rings. The smallest absolute Gasteiger partial charge is 0.307 e. The summed E-state index contributed by atoms with van der Waals surface area (Å²) in [4.78, 5) is 24.3. The predicted octanol–water partition coefficient (Wildman–Crippen LogP) is 2.29. The number of aliphatic hydroxyl groups excluding tert-OH is 1. The van der Waals surface area contributed by atoms with Crippen LogP contribution >= 0.6 is 0 Å². The van der Waals surface area contributed by atoms with E-state index in [1.165, 1.54) is 0 Å². The van der Waals surface area contributed by atoms with Gasteiger partial charge < -0.3 is 15.2 Å². The molecule has 23 heavy (non-hydrogen) atoms. The molecule has 0 saturated carbocycles. The summed E-state index contributed by atoms with van der Waals surface area (Å²) in [5.41, 5.74) is 1.73. The van der Waals surface area contributed by atoms with Crippen LogP contribution in [0.5, 0.6) is 0 Å². The number of Topliss-reactive ketones (excluding diaryl/α,β-unsaturated/α-hetero) is 1. The van der Waals surface area contributed by atoms with E-state index in [4.69, 9.17) is 9.84 Å². The van der Waals surface area contributed by atoms with Crippen LogP contribution in [0.15, 0.2) is 24.3 Å². The summed E-state index contributed by atoms with van der Waals surface area (Å²) < 4.78 is 4.93. The molecule has 2 N–H and O–H groups in total. The van der Waals surface area contributed by atoms with Crippen LogP contribution in [0.4, 0.5) is 0 Å². The maximum atomic E-state index is 12.6. The lowest BCUT2D eigenvalue weighted by molar-refractivity contribution is -0.143. The molecule has 0 aromatic heterocycles. The molecule has 0 aliphatic carbocycles. The van der Waals surface area contributed by atoms with E-state index < -0.39 is 12.0 Å². The Kier molecular flexibility index (Phi) is 8.51. The first-order valence-corrected chi connectivity index (χ1v) is 8.13. The van der Waals surface area contributed by atoms with Crippen molar-refractivity contribution in [1.82, 2.24) is 5.32 Å². The van der Waals surface area contributed by atoms with Gasteiger partial charge in [-0.1, -0.05) is 38.1 Å². The summed E-state index contributed by atoms with van der Waals surface area (Å²) in [7, 11) is 0. The molecule has 1 aromatic rings. The number of benzene rings is 1.